The molecule has 0 amide bonds. The van der Waals surface area contributed by atoms with Crippen LogP contribution in [0.15, 0.2) is 40.9 Å². The van der Waals surface area contributed by atoms with Gasteiger partial charge in [-0.15, -0.1) is 0 Å². The van der Waals surface area contributed by atoms with Gasteiger partial charge in [0.2, 0.25) is 0 Å². The second-order valence-electron chi connectivity index (χ2n) is 4.97. The molecule has 3 heteroatoms. The lowest BCUT2D eigenvalue weighted by molar-refractivity contribution is 0.405. The molecule has 0 aromatic heterocycles. The summed E-state index contributed by atoms with van der Waals surface area (Å²) in [4.78, 5) is 0. The molecule has 0 fully saturated rings. The molecule has 0 saturated carbocycles. The van der Waals surface area contributed by atoms with E-state index in [2.05, 4.69) is 59.4 Å². The van der Waals surface area contributed by atoms with Crippen molar-refractivity contribution in [3.05, 3.63) is 63.1 Å². The molecule has 1 atom stereocenters. The molecule has 1 N–H and O–H groups in total. The van der Waals surface area contributed by atoms with Crippen molar-refractivity contribution in [1.29, 1.82) is 0 Å². The number of hydrogen-bond acceptors (Lipinski definition) is 2. The lowest BCUT2D eigenvalue weighted by Crippen LogP contribution is -2.19. The van der Waals surface area contributed by atoms with Gasteiger partial charge in [-0.1, -0.05) is 45.8 Å². The Hall–Kier alpha value is -1.32. The first-order valence-corrected chi connectivity index (χ1v) is 7.44. The molecule has 0 aliphatic carbocycles. The van der Waals surface area contributed by atoms with Crippen LogP contribution in [0.1, 0.15) is 28.3 Å². The Morgan fingerprint density at radius 1 is 1.05 bits per heavy atom. The summed E-state index contributed by atoms with van der Waals surface area (Å²) < 4.78 is 6.55. The van der Waals surface area contributed by atoms with Crippen molar-refractivity contribution >= 4 is 15.9 Å². The number of methoxy groups -OCH3 is 1. The zero-order valence-electron chi connectivity index (χ0n) is 12.3. The average molecular weight is 334 g/mol. The minimum absolute atomic E-state index is 0.123. The summed E-state index contributed by atoms with van der Waals surface area (Å²) >= 11 is 3.49. The summed E-state index contributed by atoms with van der Waals surface area (Å²) in [5, 5.41) is 3.40. The number of rotatable bonds is 4. The summed E-state index contributed by atoms with van der Waals surface area (Å²) in [6.07, 6.45) is 0. The fourth-order valence-electron chi connectivity index (χ4n) is 2.47. The predicted octanol–water partition coefficient (Wildman–Crippen LogP) is 4.38. The number of aryl methyl sites for hydroxylation is 2. The number of hydrogen-bond donors (Lipinski definition) is 1. The maximum absolute atomic E-state index is 5.53. The smallest absolute Gasteiger partial charge is 0.125 e. The highest BCUT2D eigenvalue weighted by molar-refractivity contribution is 9.10. The average Bonchev–Trinajstić information content (AvgIpc) is 2.44. The molecular weight excluding hydrogens is 314 g/mol. The molecule has 1 unspecified atom stereocenters. The first-order valence-electron chi connectivity index (χ1n) is 6.64. The minimum atomic E-state index is 0.123. The fraction of sp³-hybridized carbons (Fsp3) is 0.294. The molecule has 0 bridgehead atoms. The highest BCUT2D eigenvalue weighted by atomic mass is 79.9. The van der Waals surface area contributed by atoms with E-state index in [0.29, 0.717) is 0 Å². The van der Waals surface area contributed by atoms with Crippen LogP contribution in [0.25, 0.3) is 0 Å². The van der Waals surface area contributed by atoms with Gasteiger partial charge in [0.1, 0.15) is 5.75 Å². The monoisotopic (exact) mass is 333 g/mol. The second-order valence-corrected chi connectivity index (χ2v) is 5.88. The second kappa shape index (κ2) is 6.42. The van der Waals surface area contributed by atoms with E-state index in [1.807, 2.05) is 19.2 Å². The zero-order chi connectivity index (χ0) is 14.7. The number of ether oxygens (including phenoxy) is 1. The summed E-state index contributed by atoms with van der Waals surface area (Å²) in [7, 11) is 3.69. The first-order chi connectivity index (χ1) is 9.56. The zero-order valence-corrected chi connectivity index (χ0v) is 13.9. The van der Waals surface area contributed by atoms with Gasteiger partial charge in [-0.2, -0.15) is 0 Å². The normalized spacial score (nSPS) is 12.2. The van der Waals surface area contributed by atoms with E-state index in [0.717, 1.165) is 15.8 Å². The molecule has 0 spiro atoms. The van der Waals surface area contributed by atoms with E-state index >= 15 is 0 Å². The van der Waals surface area contributed by atoms with E-state index < -0.39 is 0 Å². The van der Waals surface area contributed by atoms with Crippen LogP contribution in [0.3, 0.4) is 0 Å². The van der Waals surface area contributed by atoms with Gasteiger partial charge in [-0.3, -0.25) is 0 Å². The molecule has 0 saturated heterocycles. The van der Waals surface area contributed by atoms with Crippen LogP contribution in [0.5, 0.6) is 5.75 Å². The summed E-state index contributed by atoms with van der Waals surface area (Å²) in [6.45, 7) is 4.26. The van der Waals surface area contributed by atoms with Crippen LogP contribution in [-0.2, 0) is 0 Å². The maximum Gasteiger partial charge on any atom is 0.125 e. The largest absolute Gasteiger partial charge is 0.496 e. The minimum Gasteiger partial charge on any atom is -0.496 e. The number of benzene rings is 2. The predicted molar refractivity (Wildman–Crippen MR) is 87.5 cm³/mol. The Labute approximate surface area is 129 Å². The van der Waals surface area contributed by atoms with E-state index in [-0.39, 0.29) is 6.04 Å². The van der Waals surface area contributed by atoms with Crippen LogP contribution in [0, 0.1) is 13.8 Å². The molecule has 2 rings (SSSR count). The topological polar surface area (TPSA) is 21.3 Å². The van der Waals surface area contributed by atoms with Crippen molar-refractivity contribution in [2.45, 2.75) is 19.9 Å². The molecule has 2 aromatic carbocycles. The SMILES string of the molecule is CNC(c1cc(C)ccc1C)c1ccc(Br)cc1OC. The molecule has 0 heterocycles. The van der Waals surface area contributed by atoms with Crippen molar-refractivity contribution in [1.82, 2.24) is 5.32 Å². The van der Waals surface area contributed by atoms with Crippen LogP contribution in [0.2, 0.25) is 0 Å². The Morgan fingerprint density at radius 3 is 2.45 bits per heavy atom. The standard InChI is InChI=1S/C17H20BrNO/c1-11-5-6-12(2)15(9-11)17(19-3)14-8-7-13(18)10-16(14)20-4/h5-10,17,19H,1-4H3. The van der Waals surface area contributed by atoms with Gasteiger partial charge in [0.15, 0.2) is 0 Å². The van der Waals surface area contributed by atoms with Gasteiger partial charge in [0.05, 0.1) is 13.2 Å². The first kappa shape index (κ1) is 15.1. The quantitative estimate of drug-likeness (QED) is 0.896. The van der Waals surface area contributed by atoms with E-state index in [1.165, 1.54) is 16.7 Å². The Kier molecular flexibility index (Phi) is 4.84. The van der Waals surface area contributed by atoms with E-state index in [4.69, 9.17) is 4.74 Å². The molecular formula is C17H20BrNO. The third kappa shape index (κ3) is 3.05. The lowest BCUT2D eigenvalue weighted by Gasteiger charge is -2.22. The fourth-order valence-corrected chi connectivity index (χ4v) is 2.81. The van der Waals surface area contributed by atoms with Crippen molar-refractivity contribution in [3.8, 4) is 5.75 Å². The van der Waals surface area contributed by atoms with E-state index in [1.54, 1.807) is 7.11 Å². The molecule has 0 aliphatic heterocycles. The van der Waals surface area contributed by atoms with Crippen LogP contribution in [-0.4, -0.2) is 14.2 Å². The van der Waals surface area contributed by atoms with Crippen LogP contribution >= 0.6 is 15.9 Å². The van der Waals surface area contributed by atoms with Crippen LogP contribution < -0.4 is 10.1 Å². The number of nitrogens with one attached hydrogen (secondary N) is 1. The van der Waals surface area contributed by atoms with Gasteiger partial charge in [0, 0.05) is 10.0 Å². The third-order valence-electron chi connectivity index (χ3n) is 3.54. The van der Waals surface area contributed by atoms with Crippen molar-refractivity contribution in [2.75, 3.05) is 14.2 Å². The molecule has 2 aromatic rings. The third-order valence-corrected chi connectivity index (χ3v) is 4.03. The Bertz CT molecular complexity index is 610. The van der Waals surface area contributed by atoms with Crippen molar-refractivity contribution in [3.63, 3.8) is 0 Å². The van der Waals surface area contributed by atoms with E-state index in [9.17, 15) is 0 Å². The highest BCUT2D eigenvalue weighted by Gasteiger charge is 2.18. The van der Waals surface area contributed by atoms with Gasteiger partial charge in [0.25, 0.3) is 0 Å². The lowest BCUT2D eigenvalue weighted by atomic mass is 9.93. The van der Waals surface area contributed by atoms with Gasteiger partial charge < -0.3 is 10.1 Å². The van der Waals surface area contributed by atoms with Gasteiger partial charge >= 0.3 is 0 Å². The van der Waals surface area contributed by atoms with Crippen molar-refractivity contribution < 1.29 is 4.74 Å². The summed E-state index contributed by atoms with van der Waals surface area (Å²) in [5.74, 6) is 0.889. The number of halogens is 1. The molecule has 20 heavy (non-hydrogen) atoms. The molecule has 106 valence electrons. The highest BCUT2D eigenvalue weighted by Crippen LogP contribution is 2.33. The summed E-state index contributed by atoms with van der Waals surface area (Å²) in [6, 6.07) is 12.8. The molecule has 0 radical (unpaired) electrons. The summed E-state index contributed by atoms with van der Waals surface area (Å²) in [5.41, 5.74) is 4.97. The maximum atomic E-state index is 5.53. The Balaban J connectivity index is 2.55. The van der Waals surface area contributed by atoms with Gasteiger partial charge in [-0.25, -0.2) is 0 Å². The van der Waals surface area contributed by atoms with Crippen molar-refractivity contribution in [2.24, 2.45) is 0 Å². The van der Waals surface area contributed by atoms with Gasteiger partial charge in [-0.05, 0) is 44.2 Å². The molecule has 2 nitrogen and oxygen atoms in total. The van der Waals surface area contributed by atoms with Crippen LogP contribution in [0.4, 0.5) is 0 Å². The molecule has 0 aliphatic rings. The Morgan fingerprint density at radius 2 is 1.80 bits per heavy atom.